The van der Waals surface area contributed by atoms with Crippen LogP contribution >= 0.6 is 11.6 Å². The lowest BCUT2D eigenvalue weighted by Crippen LogP contribution is -1.97. The summed E-state index contributed by atoms with van der Waals surface area (Å²) < 4.78 is 0. The van der Waals surface area contributed by atoms with Gasteiger partial charge in [0.2, 0.25) is 5.28 Å². The molecule has 1 heterocycles. The molecule has 0 radical (unpaired) electrons. The lowest BCUT2D eigenvalue weighted by molar-refractivity contribution is 1.07. The van der Waals surface area contributed by atoms with E-state index >= 15 is 0 Å². The number of fused-ring (bicyclic) bond motifs is 2. The van der Waals surface area contributed by atoms with Crippen LogP contribution < -0.4 is 0 Å². The first-order valence-electron chi connectivity index (χ1n) is 12.8. The van der Waals surface area contributed by atoms with E-state index in [4.69, 9.17) is 16.6 Å². The van der Waals surface area contributed by atoms with Gasteiger partial charge in [0.25, 0.3) is 0 Å². The Kier molecular flexibility index (Phi) is 5.84. The Morgan fingerprint density at radius 1 is 0.385 bits per heavy atom. The molecule has 0 N–H and O–H groups in total. The standard InChI is InChI=1S/C35H22ClN3/c36-35-38-33(26-15-13-25(14-16-26)32-12-6-10-24-9-4-5-11-31(24)32)37-34(39-35)30-20-19-28-21-27(17-18-29(28)22-30)23-7-2-1-3-8-23/h1-22H. The van der Waals surface area contributed by atoms with Gasteiger partial charge >= 0.3 is 0 Å². The molecule has 6 aromatic carbocycles. The van der Waals surface area contributed by atoms with E-state index in [9.17, 15) is 0 Å². The van der Waals surface area contributed by atoms with Gasteiger partial charge in [-0.25, -0.2) is 4.98 Å². The average Bonchev–Trinajstić information content (AvgIpc) is 3.00. The molecule has 184 valence electrons. The summed E-state index contributed by atoms with van der Waals surface area (Å²) in [5, 5.41) is 4.90. The van der Waals surface area contributed by atoms with Crippen molar-refractivity contribution < 1.29 is 0 Å². The van der Waals surface area contributed by atoms with E-state index < -0.39 is 0 Å². The maximum Gasteiger partial charge on any atom is 0.226 e. The number of halogens is 1. The molecular formula is C35H22ClN3. The molecule has 0 spiro atoms. The summed E-state index contributed by atoms with van der Waals surface area (Å²) in [6, 6.07) is 46.2. The van der Waals surface area contributed by atoms with E-state index in [0.717, 1.165) is 27.5 Å². The Morgan fingerprint density at radius 3 is 1.77 bits per heavy atom. The van der Waals surface area contributed by atoms with Gasteiger partial charge in [0.15, 0.2) is 11.6 Å². The van der Waals surface area contributed by atoms with Crippen molar-refractivity contribution in [1.29, 1.82) is 0 Å². The predicted octanol–water partition coefficient (Wildman–Crippen LogP) is 9.50. The van der Waals surface area contributed by atoms with E-state index in [1.807, 2.05) is 24.3 Å². The first kappa shape index (κ1) is 23.3. The van der Waals surface area contributed by atoms with Crippen LogP contribution in [0.1, 0.15) is 0 Å². The van der Waals surface area contributed by atoms with Gasteiger partial charge in [-0.2, -0.15) is 9.97 Å². The molecule has 0 saturated heterocycles. The molecule has 0 atom stereocenters. The molecule has 0 aliphatic heterocycles. The van der Waals surface area contributed by atoms with E-state index in [2.05, 4.69) is 119 Å². The molecule has 0 aliphatic rings. The molecule has 7 aromatic rings. The third-order valence-corrected chi connectivity index (χ3v) is 7.23. The Hall–Kier alpha value is -4.86. The SMILES string of the molecule is Clc1nc(-c2ccc(-c3cccc4ccccc34)cc2)nc(-c2ccc3cc(-c4ccccc4)ccc3c2)n1. The van der Waals surface area contributed by atoms with Gasteiger partial charge in [-0.05, 0) is 67.5 Å². The van der Waals surface area contributed by atoms with Crippen molar-refractivity contribution in [3.8, 4) is 45.0 Å². The first-order valence-corrected chi connectivity index (χ1v) is 13.2. The molecule has 0 amide bonds. The summed E-state index contributed by atoms with van der Waals surface area (Å²) in [4.78, 5) is 13.7. The molecular weight excluding hydrogens is 498 g/mol. The smallest absolute Gasteiger partial charge is 0.208 e. The largest absolute Gasteiger partial charge is 0.226 e. The van der Waals surface area contributed by atoms with E-state index in [0.29, 0.717) is 11.6 Å². The van der Waals surface area contributed by atoms with Gasteiger partial charge in [0.05, 0.1) is 0 Å². The maximum atomic E-state index is 6.39. The summed E-state index contributed by atoms with van der Waals surface area (Å²) in [6.45, 7) is 0. The summed E-state index contributed by atoms with van der Waals surface area (Å²) in [6.07, 6.45) is 0. The lowest BCUT2D eigenvalue weighted by atomic mass is 9.97. The number of hydrogen-bond donors (Lipinski definition) is 0. The van der Waals surface area contributed by atoms with E-state index in [-0.39, 0.29) is 5.28 Å². The highest BCUT2D eigenvalue weighted by molar-refractivity contribution is 6.28. The van der Waals surface area contributed by atoms with Crippen molar-refractivity contribution in [3.63, 3.8) is 0 Å². The second kappa shape index (κ2) is 9.79. The molecule has 0 saturated carbocycles. The first-order chi connectivity index (χ1) is 19.2. The van der Waals surface area contributed by atoms with Crippen LogP contribution in [0.3, 0.4) is 0 Å². The van der Waals surface area contributed by atoms with Crippen LogP contribution in [-0.2, 0) is 0 Å². The van der Waals surface area contributed by atoms with Crippen molar-refractivity contribution >= 4 is 33.1 Å². The van der Waals surface area contributed by atoms with Gasteiger partial charge < -0.3 is 0 Å². The third kappa shape index (κ3) is 4.54. The second-order valence-corrected chi connectivity index (χ2v) is 9.84. The fourth-order valence-electron chi connectivity index (χ4n) is 5.08. The Labute approximate surface area is 231 Å². The van der Waals surface area contributed by atoms with Gasteiger partial charge in [-0.3, -0.25) is 0 Å². The van der Waals surface area contributed by atoms with Crippen LogP contribution in [-0.4, -0.2) is 15.0 Å². The van der Waals surface area contributed by atoms with Crippen molar-refractivity contribution in [2.45, 2.75) is 0 Å². The number of rotatable bonds is 4. The minimum absolute atomic E-state index is 0.174. The van der Waals surface area contributed by atoms with E-state index in [1.165, 1.54) is 27.5 Å². The lowest BCUT2D eigenvalue weighted by Gasteiger charge is -2.09. The fourth-order valence-corrected chi connectivity index (χ4v) is 5.24. The summed E-state index contributed by atoms with van der Waals surface area (Å²) in [7, 11) is 0. The molecule has 0 unspecified atom stereocenters. The van der Waals surface area contributed by atoms with Crippen LogP contribution in [0.5, 0.6) is 0 Å². The minimum atomic E-state index is 0.174. The molecule has 1 aromatic heterocycles. The van der Waals surface area contributed by atoms with Crippen LogP contribution in [0.25, 0.3) is 66.6 Å². The van der Waals surface area contributed by atoms with Crippen LogP contribution in [0.4, 0.5) is 0 Å². The van der Waals surface area contributed by atoms with Gasteiger partial charge in [0.1, 0.15) is 0 Å². The second-order valence-electron chi connectivity index (χ2n) is 9.50. The van der Waals surface area contributed by atoms with Crippen LogP contribution in [0, 0.1) is 0 Å². The molecule has 39 heavy (non-hydrogen) atoms. The zero-order valence-electron chi connectivity index (χ0n) is 20.9. The third-order valence-electron chi connectivity index (χ3n) is 7.06. The number of nitrogens with zero attached hydrogens (tertiary/aromatic N) is 3. The van der Waals surface area contributed by atoms with Gasteiger partial charge in [0, 0.05) is 11.1 Å². The Balaban J connectivity index is 1.22. The Morgan fingerprint density at radius 2 is 0.974 bits per heavy atom. The number of aromatic nitrogens is 3. The molecule has 4 heteroatoms. The highest BCUT2D eigenvalue weighted by atomic mass is 35.5. The molecule has 7 rings (SSSR count). The average molecular weight is 520 g/mol. The predicted molar refractivity (Wildman–Crippen MR) is 162 cm³/mol. The highest BCUT2D eigenvalue weighted by Crippen LogP contribution is 2.31. The molecule has 0 bridgehead atoms. The quantitative estimate of drug-likeness (QED) is 0.232. The maximum absolute atomic E-state index is 6.39. The molecule has 0 aliphatic carbocycles. The summed E-state index contributed by atoms with van der Waals surface area (Å²) >= 11 is 6.39. The number of hydrogen-bond acceptors (Lipinski definition) is 3. The summed E-state index contributed by atoms with van der Waals surface area (Å²) in [5.41, 5.74) is 6.50. The normalized spacial score (nSPS) is 11.2. The van der Waals surface area contributed by atoms with Gasteiger partial charge in [-0.1, -0.05) is 121 Å². The van der Waals surface area contributed by atoms with Gasteiger partial charge in [-0.15, -0.1) is 0 Å². The van der Waals surface area contributed by atoms with E-state index in [1.54, 1.807) is 0 Å². The minimum Gasteiger partial charge on any atom is -0.208 e. The summed E-state index contributed by atoms with van der Waals surface area (Å²) in [5.74, 6) is 1.10. The van der Waals surface area contributed by atoms with Crippen LogP contribution in [0.15, 0.2) is 133 Å². The van der Waals surface area contributed by atoms with Crippen molar-refractivity contribution in [2.75, 3.05) is 0 Å². The highest BCUT2D eigenvalue weighted by Gasteiger charge is 2.12. The topological polar surface area (TPSA) is 38.7 Å². The van der Waals surface area contributed by atoms with Crippen molar-refractivity contribution in [1.82, 2.24) is 15.0 Å². The van der Waals surface area contributed by atoms with Crippen molar-refractivity contribution in [3.05, 3.63) is 139 Å². The zero-order valence-corrected chi connectivity index (χ0v) is 21.7. The Bertz CT molecular complexity index is 1960. The fraction of sp³-hybridized carbons (Fsp3) is 0. The van der Waals surface area contributed by atoms with Crippen LogP contribution in [0.2, 0.25) is 5.28 Å². The van der Waals surface area contributed by atoms with Crippen molar-refractivity contribution in [2.24, 2.45) is 0 Å². The number of benzene rings is 6. The molecule has 3 nitrogen and oxygen atoms in total. The molecule has 0 fully saturated rings. The zero-order chi connectivity index (χ0) is 26.2. The monoisotopic (exact) mass is 519 g/mol.